The molecule has 1 aromatic rings. The molecule has 1 N–H and O–H groups in total. The number of benzene rings is 1. The molecule has 0 bridgehead atoms. The number of methoxy groups -OCH3 is 1. The van der Waals surface area contributed by atoms with Crippen LogP contribution < -0.4 is 0 Å². The Bertz CT molecular complexity index is 851. The van der Waals surface area contributed by atoms with E-state index in [1.807, 2.05) is 12.1 Å². The van der Waals surface area contributed by atoms with Crippen LogP contribution in [0.4, 0.5) is 0 Å². The summed E-state index contributed by atoms with van der Waals surface area (Å²) in [5, 5.41) is 10.7. The molecule has 7 atom stereocenters. The number of terminal acetylenes is 1. The van der Waals surface area contributed by atoms with Crippen LogP contribution >= 0.6 is 0 Å². The van der Waals surface area contributed by atoms with Crippen molar-refractivity contribution in [2.75, 3.05) is 7.11 Å². The third kappa shape index (κ3) is 13.9. The van der Waals surface area contributed by atoms with Crippen molar-refractivity contribution < 1.29 is 24.1 Å². The topological polar surface area (TPSA) is 57.2 Å². The van der Waals surface area contributed by atoms with Crippen LogP contribution in [0.15, 0.2) is 43.0 Å². The molecule has 0 saturated carbocycles. The molecular weight excluding hydrogens is 512 g/mol. The lowest BCUT2D eigenvalue weighted by atomic mass is 9.92. The standard InChI is InChI=1S/C36H56O5/c1-4-6-7-8-9-10-11-15-20-30(37)23-32-21-16-22-33(40-32)24-34(38-3)26-36-27-35(25-31(41-36)17-5-2)39-28-29-18-13-12-14-19-29/h1,5,12-14,18-19,30-37H,2,6-11,15-17,20-28H2,3H3/t30-,31-,32-,33-,34+,35-,36+/m0/s1. The first-order valence-electron chi connectivity index (χ1n) is 16.3. The molecule has 5 nitrogen and oxygen atoms in total. The first kappa shape index (κ1) is 33.8. The maximum atomic E-state index is 10.7. The lowest BCUT2D eigenvalue weighted by Gasteiger charge is -2.37. The van der Waals surface area contributed by atoms with Gasteiger partial charge in [-0.25, -0.2) is 0 Å². The van der Waals surface area contributed by atoms with Crippen LogP contribution in [0, 0.1) is 12.3 Å². The molecule has 1 aromatic carbocycles. The number of unbranched alkanes of at least 4 members (excludes halogenated alkanes) is 6. The maximum absolute atomic E-state index is 10.7. The van der Waals surface area contributed by atoms with E-state index in [1.54, 1.807) is 7.11 Å². The van der Waals surface area contributed by atoms with E-state index >= 15 is 0 Å². The van der Waals surface area contributed by atoms with E-state index in [-0.39, 0.29) is 42.7 Å². The molecule has 3 rings (SSSR count). The van der Waals surface area contributed by atoms with Crippen LogP contribution in [-0.2, 0) is 25.6 Å². The van der Waals surface area contributed by atoms with Crippen LogP contribution in [0.2, 0.25) is 0 Å². The molecule has 0 unspecified atom stereocenters. The second-order valence-corrected chi connectivity index (χ2v) is 12.2. The molecule has 2 fully saturated rings. The van der Waals surface area contributed by atoms with Crippen molar-refractivity contribution in [1.82, 2.24) is 0 Å². The summed E-state index contributed by atoms with van der Waals surface area (Å²) < 4.78 is 25.3. The van der Waals surface area contributed by atoms with Crippen molar-refractivity contribution >= 4 is 0 Å². The van der Waals surface area contributed by atoms with E-state index in [4.69, 9.17) is 25.4 Å². The van der Waals surface area contributed by atoms with Gasteiger partial charge in [-0.05, 0) is 69.8 Å². The highest BCUT2D eigenvalue weighted by atomic mass is 16.5. The van der Waals surface area contributed by atoms with Crippen molar-refractivity contribution in [3.05, 3.63) is 48.6 Å². The fraction of sp³-hybridized carbons (Fsp3) is 0.722. The molecule has 0 aromatic heterocycles. The summed E-state index contributed by atoms with van der Waals surface area (Å²) in [6.07, 6.45) is 24.9. The van der Waals surface area contributed by atoms with E-state index in [1.165, 1.54) is 31.2 Å². The van der Waals surface area contributed by atoms with Crippen LogP contribution in [0.1, 0.15) is 115 Å². The van der Waals surface area contributed by atoms with Gasteiger partial charge >= 0.3 is 0 Å². The van der Waals surface area contributed by atoms with Gasteiger partial charge < -0.3 is 24.1 Å². The Morgan fingerprint density at radius 3 is 2.34 bits per heavy atom. The number of hydrogen-bond acceptors (Lipinski definition) is 5. The minimum atomic E-state index is -0.274. The monoisotopic (exact) mass is 568 g/mol. The first-order valence-corrected chi connectivity index (χ1v) is 16.3. The normalized spacial score (nSPS) is 26.2. The molecule has 230 valence electrons. The fourth-order valence-electron chi connectivity index (χ4n) is 6.42. The summed E-state index contributed by atoms with van der Waals surface area (Å²) >= 11 is 0. The smallest absolute Gasteiger partial charge is 0.0720 e. The zero-order valence-corrected chi connectivity index (χ0v) is 25.6. The van der Waals surface area contributed by atoms with Crippen molar-refractivity contribution in [1.29, 1.82) is 0 Å². The quantitative estimate of drug-likeness (QED) is 0.0983. The molecule has 5 heteroatoms. The van der Waals surface area contributed by atoms with Crippen molar-refractivity contribution in [2.24, 2.45) is 0 Å². The molecule has 2 heterocycles. The molecule has 0 spiro atoms. The van der Waals surface area contributed by atoms with Gasteiger partial charge in [0.1, 0.15) is 0 Å². The number of hydrogen-bond donors (Lipinski definition) is 1. The van der Waals surface area contributed by atoms with Crippen molar-refractivity contribution in [3.8, 4) is 12.3 Å². The summed E-state index contributed by atoms with van der Waals surface area (Å²) in [6.45, 7) is 4.56. The van der Waals surface area contributed by atoms with Gasteiger partial charge in [-0.2, -0.15) is 0 Å². The van der Waals surface area contributed by atoms with Crippen LogP contribution in [0.5, 0.6) is 0 Å². The predicted octanol–water partition coefficient (Wildman–Crippen LogP) is 7.93. The first-order chi connectivity index (χ1) is 20.1. The molecule has 0 amide bonds. The fourth-order valence-corrected chi connectivity index (χ4v) is 6.42. The Labute approximate surface area is 250 Å². The Morgan fingerprint density at radius 1 is 0.951 bits per heavy atom. The third-order valence-electron chi connectivity index (χ3n) is 8.66. The summed E-state index contributed by atoms with van der Waals surface area (Å²) in [4.78, 5) is 0. The van der Waals surface area contributed by atoms with E-state index in [9.17, 15) is 5.11 Å². The molecule has 0 aliphatic carbocycles. The third-order valence-corrected chi connectivity index (χ3v) is 8.66. The summed E-state index contributed by atoms with van der Waals surface area (Å²) in [6, 6.07) is 10.4. The molecule has 41 heavy (non-hydrogen) atoms. The Kier molecular flexibility index (Phi) is 16.7. The molecular formula is C36H56O5. The maximum Gasteiger partial charge on any atom is 0.0720 e. The highest BCUT2D eigenvalue weighted by molar-refractivity contribution is 5.13. The van der Waals surface area contributed by atoms with Crippen molar-refractivity contribution in [2.45, 2.75) is 158 Å². The van der Waals surface area contributed by atoms with E-state index in [2.05, 4.69) is 36.8 Å². The largest absolute Gasteiger partial charge is 0.393 e. The highest BCUT2D eigenvalue weighted by Crippen LogP contribution is 2.31. The van der Waals surface area contributed by atoms with E-state index in [0.717, 1.165) is 83.5 Å². The summed E-state index contributed by atoms with van der Waals surface area (Å²) in [5.41, 5.74) is 1.20. The second kappa shape index (κ2) is 20.3. The number of aliphatic hydroxyl groups excluding tert-OH is 1. The highest BCUT2D eigenvalue weighted by Gasteiger charge is 2.33. The van der Waals surface area contributed by atoms with Gasteiger partial charge in [-0.3, -0.25) is 0 Å². The van der Waals surface area contributed by atoms with Gasteiger partial charge in [0.15, 0.2) is 0 Å². The zero-order valence-electron chi connectivity index (χ0n) is 25.6. The van der Waals surface area contributed by atoms with Crippen molar-refractivity contribution in [3.63, 3.8) is 0 Å². The second-order valence-electron chi connectivity index (χ2n) is 12.2. The number of ether oxygens (including phenoxy) is 4. The molecule has 0 radical (unpaired) electrons. The Balaban J connectivity index is 1.38. The van der Waals surface area contributed by atoms with Gasteiger partial charge in [0.2, 0.25) is 0 Å². The van der Waals surface area contributed by atoms with Gasteiger partial charge in [-0.15, -0.1) is 18.9 Å². The molecule has 2 saturated heterocycles. The molecule has 2 aliphatic heterocycles. The number of aliphatic hydroxyl groups is 1. The summed E-state index contributed by atoms with van der Waals surface area (Å²) in [7, 11) is 1.80. The Hall–Kier alpha value is -1.68. The minimum Gasteiger partial charge on any atom is -0.393 e. The Morgan fingerprint density at radius 2 is 1.61 bits per heavy atom. The minimum absolute atomic E-state index is 0.0755. The van der Waals surface area contributed by atoms with Crippen LogP contribution in [-0.4, -0.2) is 54.9 Å². The average molecular weight is 569 g/mol. The lowest BCUT2D eigenvalue weighted by Crippen LogP contribution is -2.40. The summed E-state index contributed by atoms with van der Waals surface area (Å²) in [5.74, 6) is 2.71. The SMILES string of the molecule is C#CCCCCCCCC[C@H](O)C[C@@H]1CCC[C@@H](C[C@H](C[C@@H]2C[C@@H](OCc3ccccc3)C[C@H](CC=C)O2)OC)O1. The van der Waals surface area contributed by atoms with Crippen LogP contribution in [0.3, 0.4) is 0 Å². The van der Waals surface area contributed by atoms with E-state index in [0.29, 0.717) is 6.61 Å². The van der Waals surface area contributed by atoms with E-state index < -0.39 is 0 Å². The predicted molar refractivity (Wildman–Crippen MR) is 167 cm³/mol. The van der Waals surface area contributed by atoms with Crippen LogP contribution in [0.25, 0.3) is 0 Å². The lowest BCUT2D eigenvalue weighted by molar-refractivity contribution is -0.135. The van der Waals surface area contributed by atoms with Gasteiger partial charge in [0, 0.05) is 20.0 Å². The van der Waals surface area contributed by atoms with Gasteiger partial charge in [0.25, 0.3) is 0 Å². The van der Waals surface area contributed by atoms with Gasteiger partial charge in [0.05, 0.1) is 49.3 Å². The average Bonchev–Trinajstić information content (AvgIpc) is 2.98. The number of rotatable bonds is 20. The molecule has 2 aliphatic rings. The zero-order chi connectivity index (χ0) is 29.1. The van der Waals surface area contributed by atoms with Gasteiger partial charge in [-0.1, -0.05) is 68.5 Å².